The van der Waals surface area contributed by atoms with Crippen LogP contribution in [-0.4, -0.2) is 39.8 Å². The monoisotopic (exact) mass is 545 g/mol. The molecule has 2 aromatic carbocycles. The third-order valence-corrected chi connectivity index (χ3v) is 8.53. The number of benzene rings is 2. The van der Waals surface area contributed by atoms with Gasteiger partial charge in [-0.1, -0.05) is 51.5 Å². The quantitative estimate of drug-likeness (QED) is 0.482. The molecule has 1 atom stereocenters. The summed E-state index contributed by atoms with van der Waals surface area (Å²) in [7, 11) is -7.95. The zero-order chi connectivity index (χ0) is 27.4. The van der Waals surface area contributed by atoms with Crippen molar-refractivity contribution in [3.8, 4) is 0 Å². The number of aliphatic hydroxyl groups is 1. The van der Waals surface area contributed by atoms with Crippen molar-refractivity contribution in [1.29, 1.82) is 0 Å². The zero-order valence-electron chi connectivity index (χ0n) is 21.4. The van der Waals surface area contributed by atoms with E-state index in [-0.39, 0.29) is 38.9 Å². The van der Waals surface area contributed by atoms with Crippen LogP contribution in [0.4, 0.5) is 11.4 Å². The summed E-state index contributed by atoms with van der Waals surface area (Å²) in [6.07, 6.45) is 3.10. The number of anilines is 2. The number of nitrogens with zero attached hydrogens (tertiary/aromatic N) is 1. The number of carbonyl (C=O) groups is 1. The third kappa shape index (κ3) is 5.28. The van der Waals surface area contributed by atoms with Gasteiger partial charge in [-0.3, -0.25) is 9.52 Å². The minimum absolute atomic E-state index is 0.0569. The number of sulfonamides is 2. The number of rotatable bonds is 6. The van der Waals surface area contributed by atoms with Crippen molar-refractivity contribution in [2.45, 2.75) is 57.3 Å². The SMILES string of the molecule is CC(C)(C)CCCC1(C)C(=O)C(C2=NS(=O)(=O)c3cc(NS(C)(=O)=O)ccc3N2)=C(O)c2ccccc21. The maximum atomic E-state index is 14.0. The summed E-state index contributed by atoms with van der Waals surface area (Å²) in [5.41, 5.74) is 0.200. The van der Waals surface area contributed by atoms with E-state index in [2.05, 4.69) is 35.2 Å². The standard InChI is InChI=1S/C26H31N3O6S2/c1-25(2,3)13-8-14-26(4)18-10-7-6-9-17(18)22(30)21(23(26)31)24-27-19-12-11-16(28-36(5,32)33)15-20(19)37(34,35)29-24/h6-7,9-12,15,28,30H,8,13-14H2,1-5H3,(H,27,29). The molecule has 4 rings (SSSR count). The Hall–Kier alpha value is -3.18. The molecule has 0 saturated heterocycles. The second-order valence-corrected chi connectivity index (χ2v) is 14.3. The number of fused-ring (bicyclic) bond motifs is 2. The van der Waals surface area contributed by atoms with Crippen LogP contribution in [0.5, 0.6) is 0 Å². The van der Waals surface area contributed by atoms with Crippen LogP contribution in [0.25, 0.3) is 5.76 Å². The molecule has 9 nitrogen and oxygen atoms in total. The lowest BCUT2D eigenvalue weighted by molar-refractivity contribution is -0.120. The van der Waals surface area contributed by atoms with E-state index >= 15 is 0 Å². The molecule has 1 heterocycles. The number of nitrogens with one attached hydrogen (secondary N) is 2. The lowest BCUT2D eigenvalue weighted by Gasteiger charge is -2.36. The molecule has 198 valence electrons. The van der Waals surface area contributed by atoms with Gasteiger partial charge in [0.05, 0.1) is 17.4 Å². The summed E-state index contributed by atoms with van der Waals surface area (Å²) in [5.74, 6) is -1.03. The van der Waals surface area contributed by atoms with E-state index < -0.39 is 31.2 Å². The number of carbonyl (C=O) groups excluding carboxylic acids is 1. The van der Waals surface area contributed by atoms with Gasteiger partial charge in [-0.2, -0.15) is 8.42 Å². The van der Waals surface area contributed by atoms with Crippen molar-refractivity contribution in [2.24, 2.45) is 9.81 Å². The van der Waals surface area contributed by atoms with Gasteiger partial charge >= 0.3 is 0 Å². The molecule has 11 heteroatoms. The largest absolute Gasteiger partial charge is 0.506 e. The highest BCUT2D eigenvalue weighted by Gasteiger charge is 2.46. The summed E-state index contributed by atoms with van der Waals surface area (Å²) >= 11 is 0. The summed E-state index contributed by atoms with van der Waals surface area (Å²) in [5, 5.41) is 14.1. The normalized spacial score (nSPS) is 21.0. The number of Topliss-reactive ketones (excluding diaryl/α,β-unsaturated/α-hetero) is 1. The Morgan fingerprint density at radius 1 is 1.14 bits per heavy atom. The van der Waals surface area contributed by atoms with Gasteiger partial charge in [-0.25, -0.2) is 8.42 Å². The van der Waals surface area contributed by atoms with E-state index in [4.69, 9.17) is 0 Å². The van der Waals surface area contributed by atoms with Crippen LogP contribution >= 0.6 is 0 Å². The Labute approximate surface area is 217 Å². The summed E-state index contributed by atoms with van der Waals surface area (Å²) in [6.45, 7) is 8.20. The van der Waals surface area contributed by atoms with E-state index in [1.165, 1.54) is 12.1 Å². The van der Waals surface area contributed by atoms with Crippen molar-refractivity contribution < 1.29 is 26.7 Å². The maximum Gasteiger partial charge on any atom is 0.286 e. The summed E-state index contributed by atoms with van der Waals surface area (Å²) in [4.78, 5) is 13.8. The first kappa shape index (κ1) is 26.9. The van der Waals surface area contributed by atoms with Gasteiger partial charge in [0.15, 0.2) is 11.6 Å². The molecule has 0 radical (unpaired) electrons. The Bertz CT molecular complexity index is 1570. The number of amidine groups is 1. The Balaban J connectivity index is 1.79. The highest BCUT2D eigenvalue weighted by molar-refractivity contribution is 7.92. The van der Waals surface area contributed by atoms with Gasteiger partial charge < -0.3 is 10.4 Å². The second-order valence-electron chi connectivity index (χ2n) is 11.0. The second kappa shape index (κ2) is 8.98. The van der Waals surface area contributed by atoms with Crippen LogP contribution in [0.1, 0.15) is 58.1 Å². The predicted molar refractivity (Wildman–Crippen MR) is 145 cm³/mol. The Kier molecular flexibility index (Phi) is 6.52. The van der Waals surface area contributed by atoms with Crippen molar-refractivity contribution in [3.63, 3.8) is 0 Å². The molecule has 1 unspecified atom stereocenters. The van der Waals surface area contributed by atoms with E-state index in [1.54, 1.807) is 12.1 Å². The van der Waals surface area contributed by atoms with Gasteiger partial charge in [-0.15, -0.1) is 4.40 Å². The maximum absolute atomic E-state index is 14.0. The number of hydrogen-bond acceptors (Lipinski definition) is 7. The minimum atomic E-state index is -4.32. The fourth-order valence-electron chi connectivity index (χ4n) is 4.80. The van der Waals surface area contributed by atoms with Gasteiger partial charge in [-0.05, 0) is 48.9 Å². The van der Waals surface area contributed by atoms with E-state index in [1.807, 2.05) is 19.1 Å². The average Bonchev–Trinajstić information content (AvgIpc) is 2.76. The smallest absolute Gasteiger partial charge is 0.286 e. The lowest BCUT2D eigenvalue weighted by atomic mass is 9.66. The summed E-state index contributed by atoms with van der Waals surface area (Å²) in [6, 6.07) is 11.0. The molecule has 0 saturated carbocycles. The van der Waals surface area contributed by atoms with Gasteiger partial charge in [0.2, 0.25) is 10.0 Å². The van der Waals surface area contributed by atoms with Crippen LogP contribution < -0.4 is 10.0 Å². The molecular formula is C26H31N3O6S2. The van der Waals surface area contributed by atoms with Crippen LogP contribution in [0.15, 0.2) is 57.3 Å². The molecule has 0 spiro atoms. The molecule has 1 aliphatic carbocycles. The summed E-state index contributed by atoms with van der Waals surface area (Å²) < 4.78 is 55.5. The first-order valence-corrected chi connectivity index (χ1v) is 15.2. The number of ketones is 1. The first-order chi connectivity index (χ1) is 17.0. The molecule has 1 aliphatic heterocycles. The van der Waals surface area contributed by atoms with Crippen molar-refractivity contribution in [3.05, 3.63) is 59.2 Å². The molecule has 0 aromatic heterocycles. The Morgan fingerprint density at radius 2 is 1.81 bits per heavy atom. The van der Waals surface area contributed by atoms with Gasteiger partial charge in [0.1, 0.15) is 16.2 Å². The van der Waals surface area contributed by atoms with Crippen LogP contribution in [0.3, 0.4) is 0 Å². The van der Waals surface area contributed by atoms with Crippen LogP contribution in [0, 0.1) is 5.41 Å². The molecule has 0 bridgehead atoms. The average molecular weight is 546 g/mol. The third-order valence-electron chi connectivity index (χ3n) is 6.61. The molecule has 2 aliphatic rings. The highest BCUT2D eigenvalue weighted by Crippen LogP contribution is 2.44. The molecular weight excluding hydrogens is 514 g/mol. The fourth-order valence-corrected chi connectivity index (χ4v) is 6.50. The Morgan fingerprint density at radius 3 is 2.46 bits per heavy atom. The van der Waals surface area contributed by atoms with Crippen LogP contribution in [0.2, 0.25) is 0 Å². The number of aliphatic hydroxyl groups excluding tert-OH is 1. The zero-order valence-corrected chi connectivity index (χ0v) is 23.0. The number of hydrogen-bond donors (Lipinski definition) is 3. The molecule has 0 amide bonds. The van der Waals surface area contributed by atoms with Crippen LogP contribution in [-0.2, 0) is 30.3 Å². The van der Waals surface area contributed by atoms with E-state index in [9.17, 15) is 26.7 Å². The first-order valence-electron chi connectivity index (χ1n) is 11.8. The molecule has 2 aromatic rings. The van der Waals surface area contributed by atoms with E-state index in [0.29, 0.717) is 17.5 Å². The minimum Gasteiger partial charge on any atom is -0.506 e. The van der Waals surface area contributed by atoms with Crippen molar-refractivity contribution in [1.82, 2.24) is 0 Å². The van der Waals surface area contributed by atoms with Crippen molar-refractivity contribution in [2.75, 3.05) is 16.3 Å². The van der Waals surface area contributed by atoms with Crippen molar-refractivity contribution >= 4 is 48.8 Å². The fraction of sp³-hybridized carbons (Fsp3) is 0.385. The van der Waals surface area contributed by atoms with E-state index in [0.717, 1.165) is 25.2 Å². The lowest BCUT2D eigenvalue weighted by Crippen LogP contribution is -2.42. The molecule has 0 fully saturated rings. The molecule has 3 N–H and O–H groups in total. The molecule has 37 heavy (non-hydrogen) atoms. The topological polar surface area (TPSA) is 142 Å². The van der Waals surface area contributed by atoms with Gasteiger partial charge in [0.25, 0.3) is 10.0 Å². The predicted octanol–water partition coefficient (Wildman–Crippen LogP) is 4.60. The highest BCUT2D eigenvalue weighted by atomic mass is 32.2. The van der Waals surface area contributed by atoms with Gasteiger partial charge in [0, 0.05) is 11.3 Å².